The Hall–Kier alpha value is -2.51. The Morgan fingerprint density at radius 1 is 0.867 bits per heavy atom. The summed E-state index contributed by atoms with van der Waals surface area (Å²) >= 11 is 6.25. The molecule has 0 saturated carbocycles. The third kappa shape index (κ3) is 2.25. The van der Waals surface area contributed by atoms with Crippen LogP contribution in [-0.4, -0.2) is 6.54 Å². The lowest BCUT2D eigenvalue weighted by molar-refractivity contribution is 0.336. The van der Waals surface area contributed by atoms with Gasteiger partial charge in [-0.1, -0.05) is 72.3 Å². The van der Waals surface area contributed by atoms with Gasteiger partial charge in [-0.2, -0.15) is 0 Å². The molecule has 0 radical (unpaired) electrons. The van der Waals surface area contributed by atoms with Crippen LogP contribution in [0.1, 0.15) is 47.4 Å². The summed E-state index contributed by atoms with van der Waals surface area (Å²) in [7, 11) is 0. The van der Waals surface area contributed by atoms with E-state index in [9.17, 15) is 0 Å². The minimum Gasteiger partial charge on any atom is -0.363 e. The van der Waals surface area contributed by atoms with Crippen LogP contribution in [0.25, 0.3) is 10.8 Å². The second-order valence-corrected chi connectivity index (χ2v) is 9.84. The van der Waals surface area contributed by atoms with E-state index < -0.39 is 0 Å². The lowest BCUT2D eigenvalue weighted by Gasteiger charge is -2.51. The fourth-order valence-corrected chi connectivity index (χ4v) is 6.90. The first-order valence-electron chi connectivity index (χ1n) is 11.2. The Kier molecular flexibility index (Phi) is 3.58. The van der Waals surface area contributed by atoms with Gasteiger partial charge in [-0.15, -0.1) is 0 Å². The molecule has 3 aromatic carbocycles. The number of fused-ring (bicyclic) bond motifs is 6. The third-order valence-electron chi connectivity index (χ3n) is 7.96. The molecule has 0 N–H and O–H groups in total. The molecule has 0 unspecified atom stereocenters. The standard InChI is InChI=1S/C28H24ClN/c29-20-13-11-17(12-14-20)27-24-10-4-9-23(24)26-22-7-2-1-5-18(22)15-25-21-8-3-6-19(21)16-30(27)28(25)26/h1-5,7-9,11-15,19,21,23-24,27H,6,10,16H2/t19-,21-,23-,24+,27-/m0/s1. The number of halogens is 1. The van der Waals surface area contributed by atoms with Crippen LogP contribution in [0.5, 0.6) is 0 Å². The number of benzene rings is 3. The van der Waals surface area contributed by atoms with Crippen LogP contribution < -0.4 is 4.90 Å². The molecule has 5 atom stereocenters. The number of hydrogen-bond acceptors (Lipinski definition) is 1. The fourth-order valence-electron chi connectivity index (χ4n) is 6.77. The first-order valence-corrected chi connectivity index (χ1v) is 11.6. The van der Waals surface area contributed by atoms with Crippen molar-refractivity contribution in [3.63, 3.8) is 0 Å². The molecule has 0 spiro atoms. The summed E-state index contributed by atoms with van der Waals surface area (Å²) < 4.78 is 0. The Balaban J connectivity index is 1.54. The molecule has 2 heteroatoms. The number of nitrogens with zero attached hydrogens (tertiary/aromatic N) is 1. The van der Waals surface area contributed by atoms with Crippen LogP contribution >= 0.6 is 11.6 Å². The number of allylic oxidation sites excluding steroid dienone is 4. The molecule has 3 aromatic rings. The van der Waals surface area contributed by atoms with Gasteiger partial charge in [0.05, 0.1) is 6.04 Å². The molecule has 0 fully saturated rings. The Labute approximate surface area is 182 Å². The molecule has 2 aliphatic heterocycles. The van der Waals surface area contributed by atoms with Gasteiger partial charge in [0.25, 0.3) is 0 Å². The molecule has 0 bridgehead atoms. The van der Waals surface area contributed by atoms with Crippen LogP contribution in [0, 0.1) is 11.8 Å². The average molecular weight is 410 g/mol. The van der Waals surface area contributed by atoms with Crippen molar-refractivity contribution in [2.45, 2.75) is 30.7 Å². The third-order valence-corrected chi connectivity index (χ3v) is 8.21. The lowest BCUT2D eigenvalue weighted by atomic mass is 9.69. The van der Waals surface area contributed by atoms with Gasteiger partial charge in [0.15, 0.2) is 0 Å². The van der Waals surface area contributed by atoms with E-state index in [0.29, 0.717) is 29.7 Å². The van der Waals surface area contributed by atoms with Gasteiger partial charge in [-0.25, -0.2) is 0 Å². The molecular weight excluding hydrogens is 386 g/mol. The van der Waals surface area contributed by atoms with E-state index in [2.05, 4.69) is 83.8 Å². The lowest BCUT2D eigenvalue weighted by Crippen LogP contribution is -2.46. The van der Waals surface area contributed by atoms with Gasteiger partial charge in [0.1, 0.15) is 0 Å². The summed E-state index contributed by atoms with van der Waals surface area (Å²) in [5.41, 5.74) is 6.05. The monoisotopic (exact) mass is 409 g/mol. The molecule has 0 aromatic heterocycles. The molecule has 2 heterocycles. The van der Waals surface area contributed by atoms with Crippen LogP contribution in [-0.2, 0) is 0 Å². The minimum absolute atomic E-state index is 0.413. The SMILES string of the molecule is Clc1ccc([C@H]2[C@@H]3CC=C[C@@H]3c3c4c(cc5ccccc35)[C@H]3C=CC[C@H]3CN42)cc1. The van der Waals surface area contributed by atoms with Gasteiger partial charge in [0, 0.05) is 29.1 Å². The molecule has 148 valence electrons. The number of rotatable bonds is 1. The fraction of sp³-hybridized carbons (Fsp3) is 0.286. The van der Waals surface area contributed by atoms with E-state index in [1.165, 1.54) is 28.4 Å². The predicted octanol–water partition coefficient (Wildman–Crippen LogP) is 7.39. The van der Waals surface area contributed by atoms with Crippen molar-refractivity contribution in [1.29, 1.82) is 0 Å². The zero-order valence-electron chi connectivity index (χ0n) is 16.8. The molecule has 1 nitrogen and oxygen atoms in total. The quantitative estimate of drug-likeness (QED) is 0.379. The maximum absolute atomic E-state index is 6.25. The normalized spacial score (nSPS) is 30.4. The molecule has 4 aliphatic rings. The predicted molar refractivity (Wildman–Crippen MR) is 125 cm³/mol. The van der Waals surface area contributed by atoms with Crippen molar-refractivity contribution in [2.24, 2.45) is 11.8 Å². The number of anilines is 1. The molecule has 0 amide bonds. The summed E-state index contributed by atoms with van der Waals surface area (Å²) in [4.78, 5) is 2.78. The highest BCUT2D eigenvalue weighted by atomic mass is 35.5. The zero-order chi connectivity index (χ0) is 19.8. The second kappa shape index (κ2) is 6.25. The maximum Gasteiger partial charge on any atom is 0.0582 e. The largest absolute Gasteiger partial charge is 0.363 e. The molecule has 2 aliphatic carbocycles. The van der Waals surface area contributed by atoms with E-state index in [4.69, 9.17) is 11.6 Å². The number of hydrogen-bond donors (Lipinski definition) is 0. The smallest absolute Gasteiger partial charge is 0.0582 e. The van der Waals surface area contributed by atoms with Gasteiger partial charge in [-0.05, 0) is 70.3 Å². The average Bonchev–Trinajstić information content (AvgIpc) is 3.44. The highest BCUT2D eigenvalue weighted by Gasteiger charge is 2.48. The van der Waals surface area contributed by atoms with Crippen LogP contribution in [0.3, 0.4) is 0 Å². The Bertz CT molecular complexity index is 1220. The van der Waals surface area contributed by atoms with Crippen molar-refractivity contribution in [2.75, 3.05) is 11.4 Å². The van der Waals surface area contributed by atoms with E-state index in [0.717, 1.165) is 18.0 Å². The first-order chi connectivity index (χ1) is 14.8. The highest BCUT2D eigenvalue weighted by molar-refractivity contribution is 6.30. The summed E-state index contributed by atoms with van der Waals surface area (Å²) in [6.07, 6.45) is 12.1. The van der Waals surface area contributed by atoms with Gasteiger partial charge in [-0.3, -0.25) is 0 Å². The van der Waals surface area contributed by atoms with Crippen molar-refractivity contribution in [3.05, 3.63) is 101 Å². The second-order valence-electron chi connectivity index (χ2n) is 9.40. The minimum atomic E-state index is 0.413. The van der Waals surface area contributed by atoms with Gasteiger partial charge in [0.2, 0.25) is 0 Å². The van der Waals surface area contributed by atoms with E-state index in [1.807, 2.05) is 0 Å². The molecule has 0 saturated heterocycles. The Morgan fingerprint density at radius 3 is 2.57 bits per heavy atom. The zero-order valence-corrected chi connectivity index (χ0v) is 17.6. The molecule has 30 heavy (non-hydrogen) atoms. The van der Waals surface area contributed by atoms with E-state index in [1.54, 1.807) is 11.1 Å². The summed E-state index contributed by atoms with van der Waals surface area (Å²) in [5.74, 6) is 2.33. The Morgan fingerprint density at radius 2 is 1.67 bits per heavy atom. The van der Waals surface area contributed by atoms with Crippen LogP contribution in [0.2, 0.25) is 5.02 Å². The van der Waals surface area contributed by atoms with Crippen LogP contribution in [0.4, 0.5) is 5.69 Å². The topological polar surface area (TPSA) is 3.24 Å². The van der Waals surface area contributed by atoms with Crippen molar-refractivity contribution >= 4 is 28.1 Å². The van der Waals surface area contributed by atoms with Crippen molar-refractivity contribution in [1.82, 2.24) is 0 Å². The van der Waals surface area contributed by atoms with E-state index >= 15 is 0 Å². The molecule has 7 rings (SSSR count). The van der Waals surface area contributed by atoms with Gasteiger partial charge < -0.3 is 4.90 Å². The first kappa shape index (κ1) is 17.2. The maximum atomic E-state index is 6.25. The summed E-state index contributed by atoms with van der Waals surface area (Å²) in [6.45, 7) is 1.15. The highest BCUT2D eigenvalue weighted by Crippen LogP contribution is 2.60. The van der Waals surface area contributed by atoms with Crippen molar-refractivity contribution in [3.8, 4) is 0 Å². The summed E-state index contributed by atoms with van der Waals surface area (Å²) in [6, 6.07) is 20.6. The molecular formula is C28H24ClN. The van der Waals surface area contributed by atoms with Gasteiger partial charge >= 0.3 is 0 Å². The summed E-state index contributed by atoms with van der Waals surface area (Å²) in [5, 5.41) is 3.66. The van der Waals surface area contributed by atoms with Crippen LogP contribution in [0.15, 0.2) is 78.9 Å². The van der Waals surface area contributed by atoms with Crippen molar-refractivity contribution < 1.29 is 0 Å². The van der Waals surface area contributed by atoms with E-state index in [-0.39, 0.29) is 0 Å².